The SMILES string of the molecule is CCOC(=O)C(C)(C)Oc1cccc(-c2ccc(C)cc2)c1. The Morgan fingerprint density at radius 3 is 2.36 bits per heavy atom. The fraction of sp³-hybridized carbons (Fsp3) is 0.316. The molecule has 0 atom stereocenters. The van der Waals surface area contributed by atoms with Crippen molar-refractivity contribution in [1.29, 1.82) is 0 Å². The predicted molar refractivity (Wildman–Crippen MR) is 88.0 cm³/mol. The lowest BCUT2D eigenvalue weighted by atomic mass is 10.0. The van der Waals surface area contributed by atoms with Gasteiger partial charge in [-0.3, -0.25) is 0 Å². The van der Waals surface area contributed by atoms with E-state index in [4.69, 9.17) is 9.47 Å². The lowest BCUT2D eigenvalue weighted by molar-refractivity contribution is -0.158. The van der Waals surface area contributed by atoms with E-state index in [1.165, 1.54) is 5.56 Å². The first-order valence-electron chi connectivity index (χ1n) is 7.46. The maximum absolute atomic E-state index is 11.9. The third-order valence-electron chi connectivity index (χ3n) is 3.36. The van der Waals surface area contributed by atoms with E-state index in [9.17, 15) is 4.79 Å². The highest BCUT2D eigenvalue weighted by atomic mass is 16.6. The van der Waals surface area contributed by atoms with Crippen molar-refractivity contribution in [1.82, 2.24) is 0 Å². The van der Waals surface area contributed by atoms with Crippen LogP contribution in [0.25, 0.3) is 11.1 Å². The van der Waals surface area contributed by atoms with E-state index in [1.807, 2.05) is 24.3 Å². The van der Waals surface area contributed by atoms with E-state index in [1.54, 1.807) is 20.8 Å². The molecule has 0 spiro atoms. The molecule has 0 aromatic heterocycles. The normalized spacial score (nSPS) is 11.1. The average Bonchev–Trinajstić information content (AvgIpc) is 2.48. The van der Waals surface area contributed by atoms with Crippen LogP contribution in [0.3, 0.4) is 0 Å². The summed E-state index contributed by atoms with van der Waals surface area (Å²) in [4.78, 5) is 11.9. The van der Waals surface area contributed by atoms with Gasteiger partial charge in [0.25, 0.3) is 0 Å². The number of rotatable bonds is 5. The van der Waals surface area contributed by atoms with Crippen LogP contribution in [0.1, 0.15) is 26.3 Å². The molecule has 0 unspecified atom stereocenters. The maximum Gasteiger partial charge on any atom is 0.349 e. The lowest BCUT2D eigenvalue weighted by Gasteiger charge is -2.24. The van der Waals surface area contributed by atoms with Crippen LogP contribution >= 0.6 is 0 Å². The minimum Gasteiger partial charge on any atom is -0.476 e. The summed E-state index contributed by atoms with van der Waals surface area (Å²) in [7, 11) is 0. The van der Waals surface area contributed by atoms with Crippen LogP contribution < -0.4 is 4.74 Å². The third kappa shape index (κ3) is 3.88. The number of hydrogen-bond donors (Lipinski definition) is 0. The molecule has 0 saturated heterocycles. The quantitative estimate of drug-likeness (QED) is 0.768. The molecule has 3 heteroatoms. The van der Waals surface area contributed by atoms with Crippen molar-refractivity contribution in [3.05, 3.63) is 54.1 Å². The number of ether oxygens (including phenoxy) is 2. The minimum atomic E-state index is -1.01. The largest absolute Gasteiger partial charge is 0.476 e. The zero-order valence-corrected chi connectivity index (χ0v) is 13.6. The van der Waals surface area contributed by atoms with Crippen molar-refractivity contribution in [2.45, 2.75) is 33.3 Å². The molecule has 3 nitrogen and oxygen atoms in total. The first kappa shape index (κ1) is 16.1. The Morgan fingerprint density at radius 1 is 1.05 bits per heavy atom. The van der Waals surface area contributed by atoms with E-state index in [0.29, 0.717) is 12.4 Å². The Hall–Kier alpha value is -2.29. The standard InChI is InChI=1S/C19H22O3/c1-5-21-18(20)19(3,4)22-17-8-6-7-16(13-17)15-11-9-14(2)10-12-15/h6-13H,5H2,1-4H3. The minimum absolute atomic E-state index is 0.342. The molecule has 0 heterocycles. The van der Waals surface area contributed by atoms with E-state index < -0.39 is 5.60 Å². The van der Waals surface area contributed by atoms with Gasteiger partial charge in [0.1, 0.15) is 5.75 Å². The molecular formula is C19H22O3. The van der Waals surface area contributed by atoms with Gasteiger partial charge >= 0.3 is 5.97 Å². The molecule has 2 rings (SSSR count). The lowest BCUT2D eigenvalue weighted by Crippen LogP contribution is -2.39. The molecule has 0 aliphatic rings. The summed E-state index contributed by atoms with van der Waals surface area (Å²) in [5.41, 5.74) is 2.38. The molecular weight excluding hydrogens is 276 g/mol. The van der Waals surface area contributed by atoms with Crippen LogP contribution in [0, 0.1) is 6.92 Å². The first-order valence-corrected chi connectivity index (χ1v) is 7.46. The number of carbonyl (C=O) groups is 1. The molecule has 0 aliphatic carbocycles. The average molecular weight is 298 g/mol. The summed E-state index contributed by atoms with van der Waals surface area (Å²) in [6.07, 6.45) is 0. The Kier molecular flexibility index (Phi) is 4.86. The summed E-state index contributed by atoms with van der Waals surface area (Å²) in [5, 5.41) is 0. The van der Waals surface area contributed by atoms with Crippen molar-refractivity contribution in [2.75, 3.05) is 6.61 Å². The van der Waals surface area contributed by atoms with Gasteiger partial charge in [-0.15, -0.1) is 0 Å². The van der Waals surface area contributed by atoms with Crippen LogP contribution in [-0.2, 0) is 9.53 Å². The van der Waals surface area contributed by atoms with Gasteiger partial charge in [-0.05, 0) is 51.0 Å². The van der Waals surface area contributed by atoms with Gasteiger partial charge in [0.05, 0.1) is 6.61 Å². The third-order valence-corrected chi connectivity index (χ3v) is 3.36. The highest BCUT2D eigenvalue weighted by molar-refractivity contribution is 5.79. The molecule has 2 aromatic carbocycles. The van der Waals surface area contributed by atoms with Gasteiger partial charge in [-0.2, -0.15) is 0 Å². The highest BCUT2D eigenvalue weighted by Crippen LogP contribution is 2.26. The van der Waals surface area contributed by atoms with Gasteiger partial charge in [0.2, 0.25) is 0 Å². The van der Waals surface area contributed by atoms with Gasteiger partial charge < -0.3 is 9.47 Å². The van der Waals surface area contributed by atoms with E-state index in [0.717, 1.165) is 11.1 Å². The number of benzene rings is 2. The van der Waals surface area contributed by atoms with E-state index in [-0.39, 0.29) is 5.97 Å². The van der Waals surface area contributed by atoms with Crippen LogP contribution in [0.2, 0.25) is 0 Å². The Balaban J connectivity index is 2.21. The summed E-state index contributed by atoms with van der Waals surface area (Å²) in [6.45, 7) is 7.61. The molecule has 0 bridgehead atoms. The molecule has 0 aliphatic heterocycles. The summed E-state index contributed by atoms with van der Waals surface area (Å²) >= 11 is 0. The predicted octanol–water partition coefficient (Wildman–Crippen LogP) is 4.38. The Morgan fingerprint density at radius 2 is 1.73 bits per heavy atom. The van der Waals surface area contributed by atoms with Crippen molar-refractivity contribution >= 4 is 5.97 Å². The van der Waals surface area contributed by atoms with Crippen LogP contribution in [0.4, 0.5) is 0 Å². The number of hydrogen-bond acceptors (Lipinski definition) is 3. The monoisotopic (exact) mass is 298 g/mol. The number of esters is 1. The molecule has 22 heavy (non-hydrogen) atoms. The van der Waals surface area contributed by atoms with Gasteiger partial charge in [-0.25, -0.2) is 4.79 Å². The second kappa shape index (κ2) is 6.65. The van der Waals surface area contributed by atoms with Crippen LogP contribution in [0.15, 0.2) is 48.5 Å². The zero-order valence-electron chi connectivity index (χ0n) is 13.6. The van der Waals surface area contributed by atoms with Crippen LogP contribution in [-0.4, -0.2) is 18.2 Å². The molecule has 0 amide bonds. The topological polar surface area (TPSA) is 35.5 Å². The van der Waals surface area contributed by atoms with Crippen molar-refractivity contribution in [2.24, 2.45) is 0 Å². The van der Waals surface area contributed by atoms with Crippen molar-refractivity contribution in [3.8, 4) is 16.9 Å². The molecule has 0 N–H and O–H groups in total. The van der Waals surface area contributed by atoms with Crippen molar-refractivity contribution < 1.29 is 14.3 Å². The Bertz CT molecular complexity index is 642. The summed E-state index contributed by atoms with van der Waals surface area (Å²) in [5.74, 6) is 0.284. The molecule has 0 fully saturated rings. The molecule has 2 aromatic rings. The molecule has 0 radical (unpaired) electrons. The smallest absolute Gasteiger partial charge is 0.349 e. The van der Waals surface area contributed by atoms with Gasteiger partial charge in [0.15, 0.2) is 5.60 Å². The van der Waals surface area contributed by atoms with Crippen LogP contribution in [0.5, 0.6) is 5.75 Å². The summed E-state index contributed by atoms with van der Waals surface area (Å²) in [6, 6.07) is 16.0. The summed E-state index contributed by atoms with van der Waals surface area (Å²) < 4.78 is 10.9. The van der Waals surface area contributed by atoms with E-state index in [2.05, 4.69) is 31.2 Å². The fourth-order valence-electron chi connectivity index (χ4n) is 2.13. The van der Waals surface area contributed by atoms with Crippen molar-refractivity contribution in [3.63, 3.8) is 0 Å². The highest BCUT2D eigenvalue weighted by Gasteiger charge is 2.31. The second-order valence-corrected chi connectivity index (χ2v) is 5.73. The molecule has 116 valence electrons. The number of carbonyl (C=O) groups excluding carboxylic acids is 1. The fourth-order valence-corrected chi connectivity index (χ4v) is 2.13. The number of aryl methyl sites for hydroxylation is 1. The van der Waals surface area contributed by atoms with Gasteiger partial charge in [0, 0.05) is 0 Å². The second-order valence-electron chi connectivity index (χ2n) is 5.73. The Labute approximate surface area is 131 Å². The van der Waals surface area contributed by atoms with Gasteiger partial charge in [-0.1, -0.05) is 42.0 Å². The maximum atomic E-state index is 11.9. The first-order chi connectivity index (χ1) is 10.4. The molecule has 0 saturated carbocycles. The van der Waals surface area contributed by atoms with E-state index >= 15 is 0 Å². The zero-order chi connectivity index (χ0) is 16.2.